The molecule has 0 aromatic carbocycles. The van der Waals surface area contributed by atoms with Crippen molar-refractivity contribution in [2.24, 2.45) is 11.8 Å². The first-order chi connectivity index (χ1) is 8.84. The number of pyridine rings is 1. The summed E-state index contributed by atoms with van der Waals surface area (Å²) in [6.45, 7) is 4.37. The Hall–Kier alpha value is -1.26. The van der Waals surface area contributed by atoms with Crippen molar-refractivity contribution >= 4 is 5.82 Å². The summed E-state index contributed by atoms with van der Waals surface area (Å²) in [7, 11) is 0. The summed E-state index contributed by atoms with van der Waals surface area (Å²) >= 11 is 0. The summed E-state index contributed by atoms with van der Waals surface area (Å²) < 4.78 is 37.7. The first-order valence-electron chi connectivity index (χ1n) is 6.65. The summed E-state index contributed by atoms with van der Waals surface area (Å²) in [4.78, 5) is 3.65. The molecule has 1 saturated carbocycles. The summed E-state index contributed by atoms with van der Waals surface area (Å²) in [6, 6.07) is 4.21. The van der Waals surface area contributed by atoms with Crippen LogP contribution >= 0.6 is 0 Å². The molecule has 1 fully saturated rings. The van der Waals surface area contributed by atoms with Gasteiger partial charge in [0.1, 0.15) is 11.5 Å². The van der Waals surface area contributed by atoms with Gasteiger partial charge in [0.25, 0.3) is 0 Å². The molecule has 0 saturated heterocycles. The lowest BCUT2D eigenvalue weighted by atomic mass is 9.80. The minimum Gasteiger partial charge on any atom is -0.367 e. The predicted molar refractivity (Wildman–Crippen MR) is 68.8 cm³/mol. The van der Waals surface area contributed by atoms with Gasteiger partial charge in [-0.05, 0) is 43.2 Å². The monoisotopic (exact) mass is 272 g/mol. The normalized spacial score (nSPS) is 28.2. The first kappa shape index (κ1) is 14.2. The van der Waals surface area contributed by atoms with Crippen LogP contribution < -0.4 is 5.32 Å². The van der Waals surface area contributed by atoms with Crippen LogP contribution in [0.15, 0.2) is 18.2 Å². The standard InChI is InChI=1S/C14H19F3N2/c1-9-6-10(2)8-11(7-9)18-13-5-3-4-12(19-13)14(15,16)17/h3-5,9-11H,6-8H2,1-2H3,(H,18,19). The summed E-state index contributed by atoms with van der Waals surface area (Å²) in [6.07, 6.45) is -1.22. The molecule has 2 unspecified atom stereocenters. The maximum atomic E-state index is 12.6. The van der Waals surface area contributed by atoms with Gasteiger partial charge >= 0.3 is 6.18 Å². The Morgan fingerprint density at radius 1 is 1.11 bits per heavy atom. The fourth-order valence-electron chi connectivity index (χ4n) is 2.95. The van der Waals surface area contributed by atoms with Gasteiger partial charge < -0.3 is 5.32 Å². The lowest BCUT2D eigenvalue weighted by molar-refractivity contribution is -0.141. The van der Waals surface area contributed by atoms with Crippen LogP contribution in [0.2, 0.25) is 0 Å². The van der Waals surface area contributed by atoms with Crippen LogP contribution in [0.25, 0.3) is 0 Å². The molecular formula is C14H19F3N2. The summed E-state index contributed by atoms with van der Waals surface area (Å²) in [5.41, 5.74) is -0.839. The van der Waals surface area contributed by atoms with E-state index < -0.39 is 11.9 Å². The Balaban J connectivity index is 2.07. The van der Waals surface area contributed by atoms with E-state index in [1.807, 2.05) is 0 Å². The molecule has 1 aromatic rings. The lowest BCUT2D eigenvalue weighted by Crippen LogP contribution is -2.30. The van der Waals surface area contributed by atoms with Gasteiger partial charge in [-0.25, -0.2) is 4.98 Å². The molecule has 5 heteroatoms. The molecule has 1 aliphatic carbocycles. The van der Waals surface area contributed by atoms with Crippen LogP contribution in [0.3, 0.4) is 0 Å². The molecule has 0 amide bonds. The highest BCUT2D eigenvalue weighted by molar-refractivity contribution is 5.37. The highest BCUT2D eigenvalue weighted by Crippen LogP contribution is 2.31. The molecule has 0 spiro atoms. The van der Waals surface area contributed by atoms with E-state index >= 15 is 0 Å². The minimum absolute atomic E-state index is 0.217. The highest BCUT2D eigenvalue weighted by Gasteiger charge is 2.32. The third-order valence-corrected chi connectivity index (χ3v) is 3.57. The topological polar surface area (TPSA) is 24.9 Å². The second-order valence-electron chi connectivity index (χ2n) is 5.66. The second kappa shape index (κ2) is 5.39. The maximum Gasteiger partial charge on any atom is 0.433 e. The number of halogens is 3. The zero-order chi connectivity index (χ0) is 14.0. The molecule has 1 heterocycles. The van der Waals surface area contributed by atoms with Crippen LogP contribution in [-0.2, 0) is 6.18 Å². The zero-order valence-corrected chi connectivity index (χ0v) is 11.2. The van der Waals surface area contributed by atoms with Crippen LogP contribution in [0.1, 0.15) is 38.8 Å². The maximum absolute atomic E-state index is 12.6. The van der Waals surface area contributed by atoms with E-state index in [2.05, 4.69) is 24.1 Å². The van der Waals surface area contributed by atoms with Crippen LogP contribution in [0.4, 0.5) is 19.0 Å². The Kier molecular flexibility index (Phi) is 4.02. The van der Waals surface area contributed by atoms with Crippen LogP contribution in [0.5, 0.6) is 0 Å². The van der Waals surface area contributed by atoms with Crippen molar-refractivity contribution in [1.82, 2.24) is 4.98 Å². The number of hydrogen-bond acceptors (Lipinski definition) is 2. The molecule has 1 aromatic heterocycles. The Morgan fingerprint density at radius 2 is 1.74 bits per heavy atom. The van der Waals surface area contributed by atoms with Crippen molar-refractivity contribution < 1.29 is 13.2 Å². The average Bonchev–Trinajstić information content (AvgIpc) is 2.26. The van der Waals surface area contributed by atoms with E-state index in [0.717, 1.165) is 18.9 Å². The molecule has 106 valence electrons. The van der Waals surface area contributed by atoms with Gasteiger partial charge in [0.15, 0.2) is 0 Å². The molecule has 1 N–H and O–H groups in total. The smallest absolute Gasteiger partial charge is 0.367 e. The van der Waals surface area contributed by atoms with Gasteiger partial charge in [-0.1, -0.05) is 19.9 Å². The second-order valence-corrected chi connectivity index (χ2v) is 5.66. The molecule has 2 atom stereocenters. The number of alkyl halides is 3. The summed E-state index contributed by atoms with van der Waals surface area (Å²) in [5.74, 6) is 1.53. The fraction of sp³-hybridized carbons (Fsp3) is 0.643. The van der Waals surface area contributed by atoms with Crippen molar-refractivity contribution in [1.29, 1.82) is 0 Å². The van der Waals surface area contributed by atoms with Gasteiger partial charge in [0.2, 0.25) is 0 Å². The van der Waals surface area contributed by atoms with Crippen molar-refractivity contribution in [2.45, 2.75) is 45.3 Å². The van der Waals surface area contributed by atoms with E-state index in [9.17, 15) is 13.2 Å². The molecule has 2 nitrogen and oxygen atoms in total. The van der Waals surface area contributed by atoms with E-state index in [1.54, 1.807) is 6.07 Å². The number of rotatable bonds is 2. The number of nitrogens with zero attached hydrogens (tertiary/aromatic N) is 1. The van der Waals surface area contributed by atoms with Gasteiger partial charge in [0, 0.05) is 6.04 Å². The SMILES string of the molecule is CC1CC(C)CC(Nc2cccc(C(F)(F)F)n2)C1. The molecule has 2 rings (SSSR count). The van der Waals surface area contributed by atoms with E-state index in [-0.39, 0.29) is 6.04 Å². The number of hydrogen-bond donors (Lipinski definition) is 1. The highest BCUT2D eigenvalue weighted by atomic mass is 19.4. The Bertz CT molecular complexity index is 421. The van der Waals surface area contributed by atoms with Crippen LogP contribution in [-0.4, -0.2) is 11.0 Å². The van der Waals surface area contributed by atoms with Crippen molar-refractivity contribution in [3.8, 4) is 0 Å². The predicted octanol–water partition coefficient (Wildman–Crippen LogP) is 4.34. The van der Waals surface area contributed by atoms with E-state index in [1.165, 1.54) is 12.5 Å². The van der Waals surface area contributed by atoms with E-state index in [4.69, 9.17) is 0 Å². The molecule has 19 heavy (non-hydrogen) atoms. The van der Waals surface area contributed by atoms with Crippen LogP contribution in [0, 0.1) is 11.8 Å². The molecule has 0 bridgehead atoms. The largest absolute Gasteiger partial charge is 0.433 e. The fourth-order valence-corrected chi connectivity index (χ4v) is 2.95. The van der Waals surface area contributed by atoms with Gasteiger partial charge in [0.05, 0.1) is 0 Å². The van der Waals surface area contributed by atoms with Crippen molar-refractivity contribution in [3.05, 3.63) is 23.9 Å². The minimum atomic E-state index is -4.38. The number of aromatic nitrogens is 1. The van der Waals surface area contributed by atoms with Crippen molar-refractivity contribution in [3.63, 3.8) is 0 Å². The molecular weight excluding hydrogens is 253 g/mol. The molecule has 0 radical (unpaired) electrons. The Labute approximate surface area is 111 Å². The lowest BCUT2D eigenvalue weighted by Gasteiger charge is -2.32. The summed E-state index contributed by atoms with van der Waals surface area (Å²) in [5, 5.41) is 3.14. The van der Waals surface area contributed by atoms with Gasteiger partial charge in [-0.15, -0.1) is 0 Å². The quantitative estimate of drug-likeness (QED) is 0.866. The Morgan fingerprint density at radius 3 is 2.32 bits per heavy atom. The van der Waals surface area contributed by atoms with Gasteiger partial charge in [-0.2, -0.15) is 13.2 Å². The molecule has 0 aliphatic heterocycles. The zero-order valence-electron chi connectivity index (χ0n) is 11.2. The number of anilines is 1. The number of nitrogens with one attached hydrogen (secondary N) is 1. The third kappa shape index (κ3) is 3.85. The van der Waals surface area contributed by atoms with Gasteiger partial charge in [-0.3, -0.25) is 0 Å². The average molecular weight is 272 g/mol. The third-order valence-electron chi connectivity index (χ3n) is 3.57. The van der Waals surface area contributed by atoms with Crippen molar-refractivity contribution in [2.75, 3.05) is 5.32 Å². The first-order valence-corrected chi connectivity index (χ1v) is 6.65. The van der Waals surface area contributed by atoms with E-state index in [0.29, 0.717) is 17.7 Å². The molecule has 1 aliphatic rings.